The molecule has 2 N–H and O–H groups in total. The van der Waals surface area contributed by atoms with Gasteiger partial charge in [0.2, 0.25) is 5.88 Å². The highest BCUT2D eigenvalue weighted by Crippen LogP contribution is 2.44. The van der Waals surface area contributed by atoms with Crippen molar-refractivity contribution in [2.45, 2.75) is 38.0 Å². The summed E-state index contributed by atoms with van der Waals surface area (Å²) >= 11 is 13.0. The topological polar surface area (TPSA) is 96.7 Å². The van der Waals surface area contributed by atoms with Crippen molar-refractivity contribution < 1.29 is 18.3 Å². The molecule has 4 aromatic carbocycles. The number of aliphatic hydroxyl groups excluding tert-OH is 1. The number of aliphatic hydroxyl groups is 1. The quantitative estimate of drug-likeness (QED) is 0.168. The molecule has 246 valence electrons. The highest BCUT2D eigenvalue weighted by Gasteiger charge is 2.34. The predicted octanol–water partition coefficient (Wildman–Crippen LogP) is 9.25. The summed E-state index contributed by atoms with van der Waals surface area (Å²) in [6.45, 7) is 0. The molecule has 1 atom stereocenters. The fraction of sp³-hybridized carbons (Fsp3) is 0.216. The van der Waals surface area contributed by atoms with E-state index < -0.39 is 16.1 Å². The molecule has 1 unspecified atom stereocenters. The average molecular weight is 702 g/mol. The molecule has 0 bridgehead atoms. The fourth-order valence-corrected chi connectivity index (χ4v) is 8.41. The van der Waals surface area contributed by atoms with Gasteiger partial charge < -0.3 is 14.4 Å². The van der Waals surface area contributed by atoms with Crippen molar-refractivity contribution in [2.24, 2.45) is 5.92 Å². The van der Waals surface area contributed by atoms with Crippen LogP contribution in [0.15, 0.2) is 109 Å². The Morgan fingerprint density at radius 3 is 2.31 bits per heavy atom. The molecule has 0 saturated heterocycles. The van der Waals surface area contributed by atoms with Crippen molar-refractivity contribution in [3.8, 4) is 33.8 Å². The maximum atomic E-state index is 12.9. The van der Waals surface area contributed by atoms with Crippen molar-refractivity contribution in [2.75, 3.05) is 11.4 Å². The van der Waals surface area contributed by atoms with Gasteiger partial charge in [-0.2, -0.15) is 8.42 Å². The monoisotopic (exact) mass is 700 g/mol. The Morgan fingerprint density at radius 2 is 1.65 bits per heavy atom. The maximum Gasteiger partial charge on any atom is 0.330 e. The molecule has 7 rings (SSSR count). The van der Waals surface area contributed by atoms with E-state index in [0.29, 0.717) is 33.1 Å². The molecule has 1 aliphatic heterocycles. The molecule has 0 spiro atoms. The van der Waals surface area contributed by atoms with Crippen LogP contribution in [0.3, 0.4) is 0 Å². The minimum atomic E-state index is -4.08. The minimum Gasteiger partial charge on any atom is -0.495 e. The van der Waals surface area contributed by atoms with Crippen LogP contribution in [0.5, 0.6) is 5.75 Å². The number of nitrogens with zero attached hydrogens (tertiary/aromatic N) is 3. The SMILES string of the molecule is COc1ccc(-n2cc(-c3ccc(Cl)cc3Cl)nc2C(c2ccc(-c3ccccc3)cc2)C2CCCCC2)cc1N1C=C(O)NS1(=O)=O. The number of nitrogens with one attached hydrogen (secondary N) is 1. The standard InChI is InChI=1S/C37H34Cl2N4O4S/c1-47-34-19-17-29(21-33(34)43-23-35(44)41-48(43,45)46)42-22-32(30-18-16-28(38)20-31(30)39)40-37(42)36(26-10-6-3-7-11-26)27-14-12-25(13-15-27)24-8-4-2-5-9-24/h2,4-5,8-9,12-23,26,36,41,44H,3,6-7,10-11H2,1H3. The number of benzene rings is 4. The summed E-state index contributed by atoms with van der Waals surface area (Å²) in [5, 5.41) is 11.1. The molecule has 11 heteroatoms. The molecular weight excluding hydrogens is 667 g/mol. The van der Waals surface area contributed by atoms with Crippen LogP contribution < -0.4 is 13.8 Å². The number of halogens is 2. The zero-order chi connectivity index (χ0) is 33.4. The summed E-state index contributed by atoms with van der Waals surface area (Å²) in [5.74, 6) is 0.908. The third-order valence-corrected chi connectivity index (χ3v) is 11.0. The summed E-state index contributed by atoms with van der Waals surface area (Å²) < 4.78 is 36.6. The van der Waals surface area contributed by atoms with Crippen LogP contribution in [-0.2, 0) is 10.2 Å². The lowest BCUT2D eigenvalue weighted by Gasteiger charge is -2.31. The second-order valence-corrected chi connectivity index (χ2v) is 14.5. The van der Waals surface area contributed by atoms with Gasteiger partial charge in [-0.15, -0.1) is 0 Å². The zero-order valence-corrected chi connectivity index (χ0v) is 28.5. The van der Waals surface area contributed by atoms with E-state index in [1.807, 2.05) is 41.1 Å². The normalized spacial score (nSPS) is 16.7. The van der Waals surface area contributed by atoms with Gasteiger partial charge in [-0.3, -0.25) is 0 Å². The summed E-state index contributed by atoms with van der Waals surface area (Å²) in [6.07, 6.45) is 8.66. The Kier molecular flexibility index (Phi) is 8.85. The van der Waals surface area contributed by atoms with Gasteiger partial charge in [0.05, 0.1) is 24.0 Å². The maximum absolute atomic E-state index is 12.9. The first-order valence-electron chi connectivity index (χ1n) is 15.8. The van der Waals surface area contributed by atoms with Crippen molar-refractivity contribution in [1.82, 2.24) is 14.3 Å². The van der Waals surface area contributed by atoms with Gasteiger partial charge in [0.25, 0.3) is 0 Å². The molecule has 8 nitrogen and oxygen atoms in total. The first-order chi connectivity index (χ1) is 23.2. The van der Waals surface area contributed by atoms with Crippen LogP contribution in [0.2, 0.25) is 10.0 Å². The minimum absolute atomic E-state index is 0.0679. The lowest BCUT2D eigenvalue weighted by Crippen LogP contribution is -2.30. The van der Waals surface area contributed by atoms with Crippen molar-refractivity contribution in [1.29, 1.82) is 0 Å². The van der Waals surface area contributed by atoms with Gasteiger partial charge in [0.1, 0.15) is 17.3 Å². The molecule has 2 heterocycles. The number of methoxy groups -OCH3 is 1. The highest BCUT2D eigenvalue weighted by atomic mass is 35.5. The lowest BCUT2D eigenvalue weighted by atomic mass is 9.76. The number of ether oxygens (including phenoxy) is 1. The van der Waals surface area contributed by atoms with Crippen LogP contribution in [0.25, 0.3) is 28.1 Å². The molecule has 1 saturated carbocycles. The van der Waals surface area contributed by atoms with E-state index in [1.165, 1.54) is 13.5 Å². The molecule has 2 aliphatic rings. The predicted molar refractivity (Wildman–Crippen MR) is 191 cm³/mol. The Balaban J connectivity index is 1.42. The third kappa shape index (κ3) is 6.25. The number of anilines is 1. The first kappa shape index (κ1) is 32.1. The van der Waals surface area contributed by atoms with Crippen molar-refractivity contribution in [3.63, 3.8) is 0 Å². The van der Waals surface area contributed by atoms with E-state index in [9.17, 15) is 13.5 Å². The van der Waals surface area contributed by atoms with E-state index in [-0.39, 0.29) is 11.6 Å². The van der Waals surface area contributed by atoms with Gasteiger partial charge in [-0.1, -0.05) is 97.1 Å². The Morgan fingerprint density at radius 1 is 0.917 bits per heavy atom. The van der Waals surface area contributed by atoms with E-state index in [4.69, 9.17) is 32.9 Å². The fourth-order valence-electron chi connectivity index (χ4n) is 6.85. The number of rotatable bonds is 8. The van der Waals surface area contributed by atoms with Gasteiger partial charge in [-0.25, -0.2) is 14.0 Å². The number of hydrogen-bond acceptors (Lipinski definition) is 5. The molecular formula is C37H34Cl2N4O4S. The second-order valence-electron chi connectivity index (χ2n) is 12.1. The Bertz CT molecular complexity index is 2090. The molecule has 1 aromatic heterocycles. The Labute approximate surface area is 290 Å². The van der Waals surface area contributed by atoms with Crippen LogP contribution in [0.4, 0.5) is 5.69 Å². The van der Waals surface area contributed by atoms with Gasteiger partial charge in [0, 0.05) is 28.4 Å². The van der Waals surface area contributed by atoms with Crippen LogP contribution in [-0.4, -0.2) is 30.2 Å². The summed E-state index contributed by atoms with van der Waals surface area (Å²) in [6, 6.07) is 29.7. The van der Waals surface area contributed by atoms with E-state index in [2.05, 4.69) is 41.1 Å². The molecule has 5 aromatic rings. The molecule has 1 aliphatic carbocycles. The van der Waals surface area contributed by atoms with Gasteiger partial charge >= 0.3 is 10.2 Å². The number of hydrogen-bond donors (Lipinski definition) is 2. The highest BCUT2D eigenvalue weighted by molar-refractivity contribution is 7.91. The largest absolute Gasteiger partial charge is 0.495 e. The smallest absolute Gasteiger partial charge is 0.330 e. The second kappa shape index (κ2) is 13.2. The van der Waals surface area contributed by atoms with Gasteiger partial charge in [0.15, 0.2) is 0 Å². The molecule has 0 radical (unpaired) electrons. The third-order valence-electron chi connectivity index (χ3n) is 9.13. The lowest BCUT2D eigenvalue weighted by molar-refractivity contribution is 0.320. The van der Waals surface area contributed by atoms with Crippen molar-refractivity contribution >= 4 is 39.1 Å². The number of aromatic nitrogens is 2. The van der Waals surface area contributed by atoms with Crippen molar-refractivity contribution in [3.05, 3.63) is 131 Å². The zero-order valence-electron chi connectivity index (χ0n) is 26.2. The molecule has 0 amide bonds. The van der Waals surface area contributed by atoms with Crippen LogP contribution in [0.1, 0.15) is 49.4 Å². The van der Waals surface area contributed by atoms with Gasteiger partial charge in [-0.05, 0) is 71.8 Å². The summed E-state index contributed by atoms with van der Waals surface area (Å²) in [4.78, 5) is 5.30. The van der Waals surface area contributed by atoms with E-state index >= 15 is 0 Å². The van der Waals surface area contributed by atoms with E-state index in [0.717, 1.165) is 64.3 Å². The van der Waals surface area contributed by atoms with Crippen LogP contribution in [0, 0.1) is 5.92 Å². The van der Waals surface area contributed by atoms with Crippen LogP contribution >= 0.6 is 23.2 Å². The first-order valence-corrected chi connectivity index (χ1v) is 18.0. The number of imidazole rings is 1. The average Bonchev–Trinajstić information content (AvgIpc) is 3.64. The summed E-state index contributed by atoms with van der Waals surface area (Å²) in [5.41, 5.74) is 5.73. The van der Waals surface area contributed by atoms with E-state index in [1.54, 1.807) is 24.3 Å². The molecule has 48 heavy (non-hydrogen) atoms. The Hall–Kier alpha value is -4.44. The molecule has 1 fully saturated rings. The summed E-state index contributed by atoms with van der Waals surface area (Å²) in [7, 11) is -2.60.